The van der Waals surface area contributed by atoms with E-state index >= 15 is 0 Å². The first kappa shape index (κ1) is 31.8. The first-order valence-corrected chi connectivity index (χ1v) is 13.1. The molecule has 3 aromatic carbocycles. The third-order valence-electron chi connectivity index (χ3n) is 5.97. The van der Waals surface area contributed by atoms with Gasteiger partial charge in [-0.25, -0.2) is 0 Å². The molecule has 3 rings (SSSR count). The molecule has 0 bridgehead atoms. The van der Waals surface area contributed by atoms with Gasteiger partial charge < -0.3 is 20.1 Å². The molecule has 7 nitrogen and oxygen atoms in total. The summed E-state index contributed by atoms with van der Waals surface area (Å²) in [6, 6.07) is 16.6. The number of carbonyl (C=O) groups is 3. The van der Waals surface area contributed by atoms with Crippen molar-refractivity contribution in [3.8, 4) is 11.5 Å². The lowest BCUT2D eigenvalue weighted by Crippen LogP contribution is -2.53. The third kappa shape index (κ3) is 9.68. The summed E-state index contributed by atoms with van der Waals surface area (Å²) in [5, 5.41) is 5.47. The van der Waals surface area contributed by atoms with Crippen LogP contribution in [-0.2, 0) is 20.8 Å². The molecule has 0 aliphatic rings. The molecule has 0 spiro atoms. The van der Waals surface area contributed by atoms with Crippen molar-refractivity contribution in [3.63, 3.8) is 0 Å². The number of amides is 2. The standard InChI is InChI=1S/C29H27Cl2F3N2O5/c1-17(27(38)29(32,33)34)35-28(39)24(14-18-6-8-20(30)9-7-18)36-26(37)16-25(19-4-3-5-21(31)15-19)41-23-12-10-22(40-2)11-13-23/h3-13,15,17,24-25H,14,16H2,1-2H3,(H,35,39)(H,36,37)/t17-,24-,25?/m0/s1. The molecule has 3 aromatic rings. The van der Waals surface area contributed by atoms with E-state index in [0.29, 0.717) is 32.7 Å². The lowest BCUT2D eigenvalue weighted by molar-refractivity contribution is -0.173. The fourth-order valence-corrected chi connectivity index (χ4v) is 4.19. The van der Waals surface area contributed by atoms with Crippen molar-refractivity contribution in [1.29, 1.82) is 0 Å². The van der Waals surface area contributed by atoms with Gasteiger partial charge in [-0.3, -0.25) is 14.4 Å². The van der Waals surface area contributed by atoms with E-state index < -0.39 is 42.0 Å². The van der Waals surface area contributed by atoms with Crippen molar-refractivity contribution in [2.24, 2.45) is 0 Å². The maximum absolute atomic E-state index is 13.2. The van der Waals surface area contributed by atoms with Crippen LogP contribution in [-0.4, -0.2) is 43.0 Å². The average Bonchev–Trinajstić information content (AvgIpc) is 2.92. The smallest absolute Gasteiger partial charge is 0.452 e. The van der Waals surface area contributed by atoms with E-state index in [9.17, 15) is 27.6 Å². The van der Waals surface area contributed by atoms with E-state index in [-0.39, 0.29) is 12.8 Å². The van der Waals surface area contributed by atoms with Crippen molar-refractivity contribution in [3.05, 3.63) is 94.0 Å². The van der Waals surface area contributed by atoms with Gasteiger partial charge in [-0.2, -0.15) is 13.2 Å². The van der Waals surface area contributed by atoms with Crippen molar-refractivity contribution in [2.45, 2.75) is 44.1 Å². The van der Waals surface area contributed by atoms with Gasteiger partial charge in [0, 0.05) is 16.5 Å². The first-order valence-electron chi connectivity index (χ1n) is 12.4. The van der Waals surface area contributed by atoms with Gasteiger partial charge in [0.25, 0.3) is 5.78 Å². The number of hydrogen-bond acceptors (Lipinski definition) is 5. The van der Waals surface area contributed by atoms with Gasteiger partial charge in [0.2, 0.25) is 11.8 Å². The van der Waals surface area contributed by atoms with E-state index in [2.05, 4.69) is 10.6 Å². The van der Waals surface area contributed by atoms with Gasteiger partial charge in [-0.05, 0) is 66.6 Å². The predicted molar refractivity (Wildman–Crippen MR) is 148 cm³/mol. The molecule has 0 heterocycles. The van der Waals surface area contributed by atoms with E-state index in [4.69, 9.17) is 32.7 Å². The molecule has 0 aliphatic heterocycles. The summed E-state index contributed by atoms with van der Waals surface area (Å²) in [4.78, 5) is 37.9. The van der Waals surface area contributed by atoms with Crippen molar-refractivity contribution in [2.75, 3.05) is 7.11 Å². The number of benzene rings is 3. The van der Waals surface area contributed by atoms with E-state index in [1.54, 1.807) is 72.8 Å². The highest BCUT2D eigenvalue weighted by atomic mass is 35.5. The van der Waals surface area contributed by atoms with Crippen LogP contribution in [0.15, 0.2) is 72.8 Å². The average molecular weight is 611 g/mol. The molecule has 218 valence electrons. The highest BCUT2D eigenvalue weighted by Gasteiger charge is 2.42. The Bertz CT molecular complexity index is 1350. The molecule has 0 aromatic heterocycles. The number of nitrogens with one attached hydrogen (secondary N) is 2. The minimum absolute atomic E-state index is 0.0805. The summed E-state index contributed by atoms with van der Waals surface area (Å²) in [5.41, 5.74) is 1.15. The van der Waals surface area contributed by atoms with Crippen LogP contribution < -0.4 is 20.1 Å². The highest BCUT2D eigenvalue weighted by molar-refractivity contribution is 6.30. The molecule has 0 aliphatic carbocycles. The predicted octanol–water partition coefficient (Wildman–Crippen LogP) is 5.88. The highest BCUT2D eigenvalue weighted by Crippen LogP contribution is 2.28. The number of ketones is 1. The molecule has 1 unspecified atom stereocenters. The first-order chi connectivity index (χ1) is 19.3. The Morgan fingerprint density at radius 1 is 0.878 bits per heavy atom. The molecule has 0 radical (unpaired) electrons. The minimum atomic E-state index is -5.13. The summed E-state index contributed by atoms with van der Waals surface area (Å²) in [5.74, 6) is -2.68. The van der Waals surface area contributed by atoms with E-state index in [1.807, 2.05) is 0 Å². The van der Waals surface area contributed by atoms with Gasteiger partial charge in [0.05, 0.1) is 19.6 Å². The molecule has 2 N–H and O–H groups in total. The fourth-order valence-electron chi connectivity index (χ4n) is 3.87. The molecule has 3 atom stereocenters. The van der Waals surface area contributed by atoms with Gasteiger partial charge in [-0.1, -0.05) is 47.5 Å². The Hall–Kier alpha value is -3.76. The van der Waals surface area contributed by atoms with Gasteiger partial charge in [0.1, 0.15) is 23.6 Å². The van der Waals surface area contributed by atoms with E-state index in [0.717, 1.165) is 6.92 Å². The second-order valence-corrected chi connectivity index (χ2v) is 9.96. The van der Waals surface area contributed by atoms with Crippen LogP contribution in [0.5, 0.6) is 11.5 Å². The van der Waals surface area contributed by atoms with Crippen molar-refractivity contribution < 1.29 is 37.0 Å². The number of alkyl halides is 3. The van der Waals surface area contributed by atoms with Gasteiger partial charge in [0.15, 0.2) is 0 Å². The van der Waals surface area contributed by atoms with Crippen molar-refractivity contribution >= 4 is 40.8 Å². The van der Waals surface area contributed by atoms with Crippen molar-refractivity contribution in [1.82, 2.24) is 10.6 Å². The Morgan fingerprint density at radius 2 is 1.51 bits per heavy atom. The summed E-state index contributed by atoms with van der Waals surface area (Å²) in [7, 11) is 1.52. The number of ether oxygens (including phenoxy) is 2. The van der Waals surface area contributed by atoms with Gasteiger partial charge >= 0.3 is 6.18 Å². The molecule has 2 amide bonds. The minimum Gasteiger partial charge on any atom is -0.497 e. The van der Waals surface area contributed by atoms with Crippen LogP contribution >= 0.6 is 23.2 Å². The molecule has 41 heavy (non-hydrogen) atoms. The number of methoxy groups -OCH3 is 1. The fraction of sp³-hybridized carbons (Fsp3) is 0.276. The molecular weight excluding hydrogens is 584 g/mol. The number of rotatable bonds is 12. The molecule has 12 heteroatoms. The number of carbonyl (C=O) groups excluding carboxylic acids is 3. The van der Waals surface area contributed by atoms with Crippen LogP contribution in [0.4, 0.5) is 13.2 Å². The Kier molecular flexibility index (Phi) is 11.0. The Morgan fingerprint density at radius 3 is 2.10 bits per heavy atom. The Balaban J connectivity index is 1.82. The summed E-state index contributed by atoms with van der Waals surface area (Å²) < 4.78 is 49.9. The molecule has 0 saturated carbocycles. The van der Waals surface area contributed by atoms with Crippen LogP contribution in [0.3, 0.4) is 0 Å². The maximum Gasteiger partial charge on any atom is 0.452 e. The van der Waals surface area contributed by atoms with E-state index in [1.165, 1.54) is 7.11 Å². The monoisotopic (exact) mass is 610 g/mol. The van der Waals surface area contributed by atoms with Gasteiger partial charge in [-0.15, -0.1) is 0 Å². The number of halogens is 5. The second-order valence-electron chi connectivity index (χ2n) is 9.08. The topological polar surface area (TPSA) is 93.7 Å². The lowest BCUT2D eigenvalue weighted by Gasteiger charge is -2.24. The zero-order valence-electron chi connectivity index (χ0n) is 22.0. The Labute approximate surface area is 244 Å². The molecule has 0 fully saturated rings. The zero-order chi connectivity index (χ0) is 30.2. The summed E-state index contributed by atoms with van der Waals surface area (Å²) in [6.45, 7) is 0.923. The largest absolute Gasteiger partial charge is 0.497 e. The molecular formula is C29H27Cl2F3N2O5. The lowest BCUT2D eigenvalue weighted by atomic mass is 10.0. The van der Waals surface area contributed by atoms with Crippen LogP contribution in [0, 0.1) is 0 Å². The third-order valence-corrected chi connectivity index (χ3v) is 6.45. The normalized spacial score (nSPS) is 13.4. The summed E-state index contributed by atoms with van der Waals surface area (Å²) in [6.07, 6.45) is -6.33. The quantitative estimate of drug-likeness (QED) is 0.267. The summed E-state index contributed by atoms with van der Waals surface area (Å²) >= 11 is 12.1. The zero-order valence-corrected chi connectivity index (χ0v) is 23.5. The maximum atomic E-state index is 13.2. The van der Waals surface area contributed by atoms with Crippen LogP contribution in [0.1, 0.15) is 30.6 Å². The number of hydrogen-bond donors (Lipinski definition) is 2. The molecule has 0 saturated heterocycles. The van der Waals surface area contributed by atoms with Crippen LogP contribution in [0.25, 0.3) is 0 Å². The second kappa shape index (κ2) is 14.2. The number of Topliss-reactive ketones (excluding diaryl/α,β-unsaturated/α-hetero) is 1. The van der Waals surface area contributed by atoms with Crippen LogP contribution in [0.2, 0.25) is 10.0 Å². The SMILES string of the molecule is COc1ccc(OC(CC(=O)N[C@@H](Cc2ccc(Cl)cc2)C(=O)N[C@@H](C)C(=O)C(F)(F)F)c2cccc(Cl)c2)cc1.